The summed E-state index contributed by atoms with van der Waals surface area (Å²) < 4.78 is 1.81. The van der Waals surface area contributed by atoms with Gasteiger partial charge in [0.2, 0.25) is 5.91 Å². The number of anilines is 2. The Hall–Kier alpha value is -3.06. The van der Waals surface area contributed by atoms with Crippen LogP contribution in [0.4, 0.5) is 11.5 Å². The Bertz CT molecular complexity index is 1010. The number of nitrogens with one attached hydrogen (secondary N) is 2. The van der Waals surface area contributed by atoms with E-state index in [0.29, 0.717) is 11.4 Å². The molecule has 6 nitrogen and oxygen atoms in total. The summed E-state index contributed by atoms with van der Waals surface area (Å²) in [5.41, 5.74) is 2.20. The number of hydrogen-bond donors (Lipinski definition) is 2. The Labute approximate surface area is 167 Å². The van der Waals surface area contributed by atoms with Gasteiger partial charge < -0.3 is 15.2 Å². The van der Waals surface area contributed by atoms with Crippen LogP contribution in [0.25, 0.3) is 5.69 Å². The molecule has 1 heterocycles. The molecule has 1 saturated carbocycles. The molecule has 1 fully saturated rings. The van der Waals surface area contributed by atoms with E-state index in [9.17, 15) is 9.59 Å². The zero-order chi connectivity index (χ0) is 19.5. The van der Waals surface area contributed by atoms with Gasteiger partial charge in [0.25, 0.3) is 5.91 Å². The van der Waals surface area contributed by atoms with Gasteiger partial charge >= 0.3 is 0 Å². The molecular weight excluding hydrogens is 372 g/mol. The van der Waals surface area contributed by atoms with Crippen molar-refractivity contribution in [2.75, 3.05) is 16.9 Å². The van der Waals surface area contributed by atoms with Gasteiger partial charge in [-0.3, -0.25) is 9.59 Å². The molecule has 28 heavy (non-hydrogen) atoms. The van der Waals surface area contributed by atoms with Crippen molar-refractivity contribution in [1.82, 2.24) is 9.55 Å². The van der Waals surface area contributed by atoms with Gasteiger partial charge in [0.1, 0.15) is 6.33 Å². The monoisotopic (exact) mass is 392 g/mol. The van der Waals surface area contributed by atoms with E-state index < -0.39 is 0 Å². The highest BCUT2D eigenvalue weighted by atomic mass is 32.2. The van der Waals surface area contributed by atoms with Crippen LogP contribution in [0.5, 0.6) is 0 Å². The maximum absolute atomic E-state index is 12.5. The molecule has 0 atom stereocenters. The number of hydrogen-bond acceptors (Lipinski definition) is 4. The van der Waals surface area contributed by atoms with Gasteiger partial charge in [0.15, 0.2) is 5.82 Å². The van der Waals surface area contributed by atoms with Crippen molar-refractivity contribution in [3.8, 4) is 5.69 Å². The number of rotatable bonds is 6. The van der Waals surface area contributed by atoms with E-state index in [1.165, 1.54) is 0 Å². The van der Waals surface area contributed by atoms with Crippen molar-refractivity contribution in [1.29, 1.82) is 0 Å². The first-order valence-corrected chi connectivity index (χ1v) is 10.3. The van der Waals surface area contributed by atoms with Crippen LogP contribution in [-0.4, -0.2) is 27.6 Å². The van der Waals surface area contributed by atoms with Crippen LogP contribution in [0.15, 0.2) is 66.0 Å². The highest BCUT2D eigenvalue weighted by molar-refractivity contribution is 7.98. The minimum atomic E-state index is -0.159. The third-order valence-electron chi connectivity index (χ3n) is 4.54. The number of imidazole rings is 1. The van der Waals surface area contributed by atoms with E-state index in [1.54, 1.807) is 36.4 Å². The summed E-state index contributed by atoms with van der Waals surface area (Å²) in [6.07, 6.45) is 7.32. The van der Waals surface area contributed by atoms with Gasteiger partial charge in [-0.1, -0.05) is 6.07 Å². The second-order valence-corrected chi connectivity index (χ2v) is 7.54. The van der Waals surface area contributed by atoms with Crippen molar-refractivity contribution >= 4 is 35.1 Å². The first-order chi connectivity index (χ1) is 13.6. The zero-order valence-corrected chi connectivity index (χ0v) is 16.2. The van der Waals surface area contributed by atoms with Gasteiger partial charge in [-0.05, 0) is 61.6 Å². The lowest BCUT2D eigenvalue weighted by Gasteiger charge is -2.08. The van der Waals surface area contributed by atoms with E-state index in [-0.39, 0.29) is 17.7 Å². The lowest BCUT2D eigenvalue weighted by Crippen LogP contribution is -2.13. The third-order valence-corrected chi connectivity index (χ3v) is 5.26. The molecule has 1 aromatic heterocycles. The molecule has 1 aliphatic rings. The number of benzene rings is 2. The SMILES string of the molecule is CSc1cccc(NC(=O)c2ccc(-n3cnc(NC(=O)C4CC4)c3)cc2)c1. The van der Waals surface area contributed by atoms with Crippen LogP contribution in [0, 0.1) is 5.92 Å². The molecule has 3 aromatic rings. The maximum Gasteiger partial charge on any atom is 0.255 e. The minimum absolute atomic E-state index is 0.0304. The van der Waals surface area contributed by atoms with E-state index in [0.717, 1.165) is 29.1 Å². The molecule has 142 valence electrons. The number of carbonyl (C=O) groups is 2. The number of carbonyl (C=O) groups excluding carboxylic acids is 2. The van der Waals surface area contributed by atoms with Gasteiger partial charge in [-0.15, -0.1) is 11.8 Å². The Morgan fingerprint density at radius 3 is 2.61 bits per heavy atom. The lowest BCUT2D eigenvalue weighted by molar-refractivity contribution is -0.117. The predicted octanol–water partition coefficient (Wildman–Crippen LogP) is 4.20. The van der Waals surface area contributed by atoms with Gasteiger partial charge in [0, 0.05) is 27.8 Å². The van der Waals surface area contributed by atoms with Crippen molar-refractivity contribution in [3.63, 3.8) is 0 Å². The number of aromatic nitrogens is 2. The lowest BCUT2D eigenvalue weighted by atomic mass is 10.2. The second kappa shape index (κ2) is 7.90. The summed E-state index contributed by atoms with van der Waals surface area (Å²) in [7, 11) is 0. The van der Waals surface area contributed by atoms with Gasteiger partial charge in [-0.25, -0.2) is 4.98 Å². The molecule has 0 unspecified atom stereocenters. The Morgan fingerprint density at radius 2 is 1.89 bits per heavy atom. The minimum Gasteiger partial charge on any atom is -0.322 e. The van der Waals surface area contributed by atoms with Crippen LogP contribution in [0.2, 0.25) is 0 Å². The van der Waals surface area contributed by atoms with Crippen LogP contribution < -0.4 is 10.6 Å². The highest BCUT2D eigenvalue weighted by Crippen LogP contribution is 2.30. The molecule has 2 amide bonds. The normalized spacial score (nSPS) is 13.2. The summed E-state index contributed by atoms with van der Waals surface area (Å²) in [5, 5.41) is 5.74. The van der Waals surface area contributed by atoms with Crippen LogP contribution >= 0.6 is 11.8 Å². The van der Waals surface area contributed by atoms with Crippen molar-refractivity contribution in [2.24, 2.45) is 5.92 Å². The van der Waals surface area contributed by atoms with E-state index >= 15 is 0 Å². The van der Waals surface area contributed by atoms with Gasteiger partial charge in [0.05, 0.1) is 6.20 Å². The molecule has 4 rings (SSSR count). The molecule has 0 spiro atoms. The smallest absolute Gasteiger partial charge is 0.255 e. The number of nitrogens with zero attached hydrogens (tertiary/aromatic N) is 2. The first kappa shape index (κ1) is 18.3. The van der Waals surface area contributed by atoms with Crippen LogP contribution in [-0.2, 0) is 4.79 Å². The molecule has 2 aromatic carbocycles. The Balaban J connectivity index is 1.42. The molecule has 0 saturated heterocycles. The van der Waals surface area contributed by atoms with E-state index in [2.05, 4.69) is 15.6 Å². The largest absolute Gasteiger partial charge is 0.322 e. The Morgan fingerprint density at radius 1 is 1.11 bits per heavy atom. The zero-order valence-electron chi connectivity index (χ0n) is 15.4. The van der Waals surface area contributed by atoms with Crippen molar-refractivity contribution in [3.05, 3.63) is 66.6 Å². The molecule has 0 bridgehead atoms. The van der Waals surface area contributed by atoms with Gasteiger partial charge in [-0.2, -0.15) is 0 Å². The average molecular weight is 392 g/mol. The second-order valence-electron chi connectivity index (χ2n) is 6.66. The van der Waals surface area contributed by atoms with Crippen molar-refractivity contribution < 1.29 is 9.59 Å². The molecule has 0 radical (unpaired) electrons. The quantitative estimate of drug-likeness (QED) is 0.617. The fourth-order valence-corrected chi connectivity index (χ4v) is 3.25. The fourth-order valence-electron chi connectivity index (χ4n) is 2.79. The molecule has 1 aliphatic carbocycles. The standard InChI is InChI=1S/C21H20N4O2S/c1-28-18-4-2-3-16(11-18)23-20(26)15-7-9-17(10-8-15)25-12-19(22-13-25)24-21(27)14-5-6-14/h2-4,7-14H,5-6H2,1H3,(H,23,26)(H,24,27). The first-order valence-electron chi connectivity index (χ1n) is 9.03. The maximum atomic E-state index is 12.5. The highest BCUT2D eigenvalue weighted by Gasteiger charge is 2.29. The molecule has 0 aliphatic heterocycles. The summed E-state index contributed by atoms with van der Waals surface area (Å²) in [6, 6.07) is 15.0. The summed E-state index contributed by atoms with van der Waals surface area (Å²) in [4.78, 5) is 29.6. The average Bonchev–Trinajstić information content (AvgIpc) is 3.48. The van der Waals surface area contributed by atoms with E-state index in [1.807, 2.05) is 47.2 Å². The third kappa shape index (κ3) is 4.26. The summed E-state index contributed by atoms with van der Waals surface area (Å²) >= 11 is 1.63. The van der Waals surface area contributed by atoms with Crippen LogP contribution in [0.3, 0.4) is 0 Å². The van der Waals surface area contributed by atoms with E-state index in [4.69, 9.17) is 0 Å². The summed E-state index contributed by atoms with van der Waals surface area (Å²) in [5.74, 6) is 0.544. The molecular formula is C21H20N4O2S. The topological polar surface area (TPSA) is 76.0 Å². The summed E-state index contributed by atoms with van der Waals surface area (Å²) in [6.45, 7) is 0. The van der Waals surface area contributed by atoms with Crippen molar-refractivity contribution in [2.45, 2.75) is 17.7 Å². The number of amides is 2. The molecule has 7 heteroatoms. The Kier molecular flexibility index (Phi) is 5.16. The fraction of sp³-hybridized carbons (Fsp3) is 0.190. The number of thioether (sulfide) groups is 1. The predicted molar refractivity (Wildman–Crippen MR) is 111 cm³/mol. The van der Waals surface area contributed by atoms with Crippen LogP contribution in [0.1, 0.15) is 23.2 Å². The molecule has 2 N–H and O–H groups in total.